The molecule has 2 aromatic carbocycles. The third-order valence-corrected chi connectivity index (χ3v) is 3.02. The second kappa shape index (κ2) is 6.79. The first-order valence-corrected chi connectivity index (χ1v) is 6.87. The predicted octanol–water partition coefficient (Wildman–Crippen LogP) is 4.66. The van der Waals surface area contributed by atoms with E-state index in [1.54, 1.807) is 12.1 Å². The summed E-state index contributed by atoms with van der Waals surface area (Å²) in [5.41, 5.74) is 2.69. The van der Waals surface area contributed by atoms with Gasteiger partial charge in [0.1, 0.15) is 0 Å². The Labute approximate surface area is 124 Å². The molecule has 4 nitrogen and oxygen atoms in total. The molecule has 0 spiro atoms. The van der Waals surface area contributed by atoms with Crippen LogP contribution in [0.15, 0.2) is 48.5 Å². The molecule has 0 aliphatic heterocycles. The van der Waals surface area contributed by atoms with Gasteiger partial charge in [0.15, 0.2) is 5.75 Å². The van der Waals surface area contributed by atoms with Crippen LogP contribution < -0.4 is 10.2 Å². The van der Waals surface area contributed by atoms with Crippen molar-refractivity contribution in [2.45, 2.75) is 26.7 Å². The Morgan fingerprint density at radius 1 is 1.10 bits per heavy atom. The molecule has 1 N–H and O–H groups in total. The summed E-state index contributed by atoms with van der Waals surface area (Å²) in [5, 5.41) is 2.59. The van der Waals surface area contributed by atoms with Crippen LogP contribution in [0.1, 0.15) is 30.9 Å². The van der Waals surface area contributed by atoms with Crippen LogP contribution in [0.25, 0.3) is 0 Å². The number of aryl methyl sites for hydroxylation is 1. The lowest BCUT2D eigenvalue weighted by Gasteiger charge is -2.13. The standard InChI is InChI=1S/C17H19NO3/c1-12(2)15-10-9-13(3)11-16(15)20-21-17(19)18-14-7-5-4-6-8-14/h4-12H,1-3H3,(H,18,19). The molecular weight excluding hydrogens is 266 g/mol. The number of nitrogens with one attached hydrogen (secondary N) is 1. The third kappa shape index (κ3) is 4.24. The molecular formula is C17H19NO3. The smallest absolute Gasteiger partial charge is 0.288 e. The van der Waals surface area contributed by atoms with E-state index in [1.807, 2.05) is 43.3 Å². The summed E-state index contributed by atoms with van der Waals surface area (Å²) < 4.78 is 0. The number of carbonyl (C=O) groups excluding carboxylic acids is 1. The zero-order valence-corrected chi connectivity index (χ0v) is 12.4. The lowest BCUT2D eigenvalue weighted by atomic mass is 10.0. The fourth-order valence-electron chi connectivity index (χ4n) is 1.93. The number of benzene rings is 2. The van der Waals surface area contributed by atoms with Crippen molar-refractivity contribution in [2.75, 3.05) is 5.32 Å². The van der Waals surface area contributed by atoms with Crippen LogP contribution in [-0.4, -0.2) is 6.09 Å². The van der Waals surface area contributed by atoms with Gasteiger partial charge >= 0.3 is 6.09 Å². The summed E-state index contributed by atoms with van der Waals surface area (Å²) in [7, 11) is 0. The van der Waals surface area contributed by atoms with Gasteiger partial charge in [-0.25, -0.2) is 9.68 Å². The van der Waals surface area contributed by atoms with Crippen LogP contribution in [0.2, 0.25) is 0 Å². The van der Waals surface area contributed by atoms with Gasteiger partial charge in [-0.05, 0) is 36.6 Å². The molecule has 1 amide bonds. The second-order valence-electron chi connectivity index (χ2n) is 5.14. The number of anilines is 1. The van der Waals surface area contributed by atoms with Crippen molar-refractivity contribution in [3.05, 3.63) is 59.7 Å². The minimum atomic E-state index is -0.655. The molecule has 0 aromatic heterocycles. The number of amides is 1. The fraction of sp³-hybridized carbons (Fsp3) is 0.235. The number of para-hydroxylation sites is 1. The number of hydrogen-bond acceptors (Lipinski definition) is 3. The first-order valence-electron chi connectivity index (χ1n) is 6.87. The van der Waals surface area contributed by atoms with E-state index in [1.165, 1.54) is 0 Å². The molecule has 0 radical (unpaired) electrons. The van der Waals surface area contributed by atoms with Crippen molar-refractivity contribution < 1.29 is 14.6 Å². The number of carbonyl (C=O) groups is 1. The predicted molar refractivity (Wildman–Crippen MR) is 82.4 cm³/mol. The highest BCUT2D eigenvalue weighted by molar-refractivity contribution is 5.84. The van der Waals surface area contributed by atoms with Crippen molar-refractivity contribution in [1.82, 2.24) is 0 Å². The van der Waals surface area contributed by atoms with Crippen LogP contribution in [-0.2, 0) is 4.89 Å². The fourth-order valence-corrected chi connectivity index (χ4v) is 1.93. The van der Waals surface area contributed by atoms with E-state index in [-0.39, 0.29) is 5.92 Å². The lowest BCUT2D eigenvalue weighted by Crippen LogP contribution is -2.16. The topological polar surface area (TPSA) is 47.6 Å². The van der Waals surface area contributed by atoms with Gasteiger partial charge in [0.05, 0.1) is 0 Å². The molecule has 21 heavy (non-hydrogen) atoms. The summed E-state index contributed by atoms with van der Waals surface area (Å²) in [4.78, 5) is 21.7. The van der Waals surface area contributed by atoms with Gasteiger partial charge in [-0.1, -0.05) is 44.2 Å². The Balaban J connectivity index is 1.99. The first kappa shape index (κ1) is 14.9. The van der Waals surface area contributed by atoms with Crippen molar-refractivity contribution in [3.8, 4) is 5.75 Å². The van der Waals surface area contributed by atoms with Gasteiger partial charge < -0.3 is 0 Å². The van der Waals surface area contributed by atoms with E-state index < -0.39 is 6.09 Å². The second-order valence-corrected chi connectivity index (χ2v) is 5.14. The van der Waals surface area contributed by atoms with E-state index in [0.29, 0.717) is 11.4 Å². The number of rotatable bonds is 4. The van der Waals surface area contributed by atoms with Crippen LogP contribution >= 0.6 is 0 Å². The minimum Gasteiger partial charge on any atom is -0.288 e. The summed E-state index contributed by atoms with van der Waals surface area (Å²) in [6, 6.07) is 14.9. The van der Waals surface area contributed by atoms with Crippen LogP contribution in [0.4, 0.5) is 10.5 Å². The van der Waals surface area contributed by atoms with Gasteiger partial charge in [-0.2, -0.15) is 0 Å². The molecule has 0 unspecified atom stereocenters. The zero-order valence-electron chi connectivity index (χ0n) is 12.4. The molecule has 0 fully saturated rings. The van der Waals surface area contributed by atoms with E-state index in [2.05, 4.69) is 19.2 Å². The first-order chi connectivity index (χ1) is 10.1. The Morgan fingerprint density at radius 3 is 2.48 bits per heavy atom. The van der Waals surface area contributed by atoms with Crippen molar-refractivity contribution in [1.29, 1.82) is 0 Å². The Kier molecular flexibility index (Phi) is 4.82. The third-order valence-electron chi connectivity index (χ3n) is 3.02. The SMILES string of the molecule is Cc1ccc(C(C)C)c(OOC(=O)Nc2ccccc2)c1. The zero-order chi connectivity index (χ0) is 15.2. The summed E-state index contributed by atoms with van der Waals surface area (Å²) in [6.45, 7) is 6.07. The normalized spacial score (nSPS) is 10.3. The van der Waals surface area contributed by atoms with Crippen molar-refractivity contribution in [2.24, 2.45) is 0 Å². The molecule has 110 valence electrons. The molecule has 0 aliphatic rings. The van der Waals surface area contributed by atoms with Gasteiger partial charge in [-0.15, -0.1) is 0 Å². The average Bonchev–Trinajstić information content (AvgIpc) is 2.46. The molecule has 0 saturated carbocycles. The molecule has 4 heteroatoms. The number of hydrogen-bond donors (Lipinski definition) is 1. The van der Waals surface area contributed by atoms with E-state index >= 15 is 0 Å². The molecule has 2 rings (SSSR count). The average molecular weight is 285 g/mol. The van der Waals surface area contributed by atoms with E-state index in [0.717, 1.165) is 11.1 Å². The maximum Gasteiger partial charge on any atom is 0.454 e. The maximum absolute atomic E-state index is 11.7. The molecule has 0 heterocycles. The Bertz CT molecular complexity index is 609. The quantitative estimate of drug-likeness (QED) is 0.656. The lowest BCUT2D eigenvalue weighted by molar-refractivity contribution is -0.137. The van der Waals surface area contributed by atoms with Crippen LogP contribution in [0, 0.1) is 6.92 Å². The molecule has 0 atom stereocenters. The van der Waals surface area contributed by atoms with Crippen LogP contribution in [0.5, 0.6) is 5.75 Å². The Morgan fingerprint density at radius 2 is 1.81 bits per heavy atom. The largest absolute Gasteiger partial charge is 0.454 e. The van der Waals surface area contributed by atoms with Crippen molar-refractivity contribution >= 4 is 11.8 Å². The molecule has 2 aromatic rings. The summed E-state index contributed by atoms with van der Waals surface area (Å²) in [6.07, 6.45) is -0.655. The van der Waals surface area contributed by atoms with Gasteiger partial charge in [-0.3, -0.25) is 10.2 Å². The monoisotopic (exact) mass is 285 g/mol. The Hall–Kier alpha value is -2.49. The highest BCUT2D eigenvalue weighted by atomic mass is 17.2. The molecule has 0 saturated heterocycles. The minimum absolute atomic E-state index is 0.279. The summed E-state index contributed by atoms with van der Waals surface area (Å²) >= 11 is 0. The molecule has 0 bridgehead atoms. The summed E-state index contributed by atoms with van der Waals surface area (Å²) in [5.74, 6) is 0.842. The molecule has 0 aliphatic carbocycles. The van der Waals surface area contributed by atoms with Gasteiger partial charge in [0.25, 0.3) is 0 Å². The highest BCUT2D eigenvalue weighted by Gasteiger charge is 2.12. The van der Waals surface area contributed by atoms with Gasteiger partial charge in [0.2, 0.25) is 0 Å². The van der Waals surface area contributed by atoms with Crippen LogP contribution in [0.3, 0.4) is 0 Å². The van der Waals surface area contributed by atoms with E-state index in [4.69, 9.17) is 9.78 Å². The van der Waals surface area contributed by atoms with Crippen molar-refractivity contribution in [3.63, 3.8) is 0 Å². The highest BCUT2D eigenvalue weighted by Crippen LogP contribution is 2.27. The maximum atomic E-state index is 11.7. The van der Waals surface area contributed by atoms with E-state index in [9.17, 15) is 4.79 Å². The van der Waals surface area contributed by atoms with Gasteiger partial charge in [0, 0.05) is 11.3 Å².